The summed E-state index contributed by atoms with van der Waals surface area (Å²) in [5.74, 6) is 0.171. The number of fused-ring (bicyclic) bond motifs is 2. The first kappa shape index (κ1) is 14.2. The van der Waals surface area contributed by atoms with Gasteiger partial charge < -0.3 is 14.7 Å². The highest BCUT2D eigenvalue weighted by Crippen LogP contribution is 2.20. The highest BCUT2D eigenvalue weighted by atomic mass is 16.3. The molecule has 2 aromatic heterocycles. The minimum absolute atomic E-state index is 0.204. The van der Waals surface area contributed by atoms with E-state index in [-0.39, 0.29) is 11.3 Å². The molecule has 2 N–H and O–H groups in total. The molecule has 0 aliphatic heterocycles. The van der Waals surface area contributed by atoms with Crippen molar-refractivity contribution in [2.45, 2.75) is 6.92 Å². The van der Waals surface area contributed by atoms with Gasteiger partial charge in [-0.25, -0.2) is 4.98 Å². The summed E-state index contributed by atoms with van der Waals surface area (Å²) in [5, 5.41) is 4.03. The number of H-pyrrole nitrogens is 1. The maximum Gasteiger partial charge on any atom is 0.272 e. The smallest absolute Gasteiger partial charge is 0.272 e. The molecule has 0 spiro atoms. The van der Waals surface area contributed by atoms with Gasteiger partial charge in [0.2, 0.25) is 0 Å². The first-order valence-corrected chi connectivity index (χ1v) is 7.41. The molecule has 24 heavy (non-hydrogen) atoms. The molecule has 0 aliphatic rings. The van der Waals surface area contributed by atoms with Crippen molar-refractivity contribution in [2.75, 3.05) is 5.32 Å². The number of carbonyl (C=O) groups excluding carboxylic acids is 1. The largest absolute Gasteiger partial charge is 0.441 e. The van der Waals surface area contributed by atoms with Gasteiger partial charge in [-0.3, -0.25) is 9.59 Å². The van der Waals surface area contributed by atoms with Gasteiger partial charge in [-0.2, -0.15) is 0 Å². The number of aromatic amines is 1. The topological polar surface area (TPSA) is 88.0 Å². The number of amides is 1. The molecule has 0 unspecified atom stereocenters. The highest BCUT2D eigenvalue weighted by Gasteiger charge is 2.11. The maximum absolute atomic E-state index is 12.4. The van der Waals surface area contributed by atoms with E-state index in [1.807, 2.05) is 6.07 Å². The summed E-state index contributed by atoms with van der Waals surface area (Å²) in [6.45, 7) is 1.76. The number of anilines is 1. The summed E-state index contributed by atoms with van der Waals surface area (Å²) in [6, 6.07) is 14.0. The number of aromatic nitrogens is 2. The Hall–Kier alpha value is -3.41. The fraction of sp³-hybridized carbons (Fsp3) is 0.0556. The van der Waals surface area contributed by atoms with Crippen LogP contribution in [0.15, 0.2) is 57.7 Å². The molecule has 0 radical (unpaired) electrons. The highest BCUT2D eigenvalue weighted by molar-refractivity contribution is 6.05. The Morgan fingerprint density at radius 3 is 2.88 bits per heavy atom. The minimum Gasteiger partial charge on any atom is -0.441 e. The Bertz CT molecular complexity index is 1140. The number of pyridine rings is 1. The molecule has 0 bridgehead atoms. The van der Waals surface area contributed by atoms with E-state index < -0.39 is 5.91 Å². The van der Waals surface area contributed by atoms with Gasteiger partial charge in [0.1, 0.15) is 11.2 Å². The molecule has 0 saturated carbocycles. The molecule has 0 fully saturated rings. The monoisotopic (exact) mass is 319 g/mol. The normalized spacial score (nSPS) is 11.0. The quantitative estimate of drug-likeness (QED) is 0.594. The number of hydrogen-bond donors (Lipinski definition) is 2. The number of nitrogens with one attached hydrogen (secondary N) is 2. The molecule has 2 heterocycles. The number of benzene rings is 2. The predicted octanol–water partition coefficient (Wildman–Crippen LogP) is 3.23. The summed E-state index contributed by atoms with van der Waals surface area (Å²) in [6.07, 6.45) is 0. The van der Waals surface area contributed by atoms with Crippen LogP contribution in [0.1, 0.15) is 16.4 Å². The van der Waals surface area contributed by atoms with Crippen LogP contribution in [0.25, 0.3) is 21.9 Å². The summed E-state index contributed by atoms with van der Waals surface area (Å²) >= 11 is 0. The molecule has 0 atom stereocenters. The van der Waals surface area contributed by atoms with Gasteiger partial charge in [-0.15, -0.1) is 0 Å². The van der Waals surface area contributed by atoms with Crippen molar-refractivity contribution in [2.24, 2.45) is 0 Å². The summed E-state index contributed by atoms with van der Waals surface area (Å²) in [4.78, 5) is 31.3. The first-order chi connectivity index (χ1) is 11.6. The third kappa shape index (κ3) is 2.44. The first-order valence-electron chi connectivity index (χ1n) is 7.41. The van der Waals surface area contributed by atoms with Crippen LogP contribution in [0.3, 0.4) is 0 Å². The van der Waals surface area contributed by atoms with Gasteiger partial charge in [0, 0.05) is 18.0 Å². The van der Waals surface area contributed by atoms with Crippen LogP contribution in [0.4, 0.5) is 5.69 Å². The SMILES string of the molecule is Cc1nc2cc(NC(=O)c3cc4ccccc4c(=O)[nH]3)ccc2o1. The molecular formula is C18H13N3O3. The second kappa shape index (κ2) is 5.34. The van der Waals surface area contributed by atoms with Crippen LogP contribution in [0.5, 0.6) is 0 Å². The van der Waals surface area contributed by atoms with E-state index in [0.717, 1.165) is 0 Å². The molecule has 4 rings (SSSR count). The van der Waals surface area contributed by atoms with E-state index in [4.69, 9.17) is 4.42 Å². The van der Waals surface area contributed by atoms with E-state index in [2.05, 4.69) is 15.3 Å². The Balaban J connectivity index is 1.68. The predicted molar refractivity (Wildman–Crippen MR) is 91.3 cm³/mol. The zero-order chi connectivity index (χ0) is 16.7. The van der Waals surface area contributed by atoms with Crippen LogP contribution in [-0.4, -0.2) is 15.9 Å². The van der Waals surface area contributed by atoms with Crippen molar-refractivity contribution in [1.29, 1.82) is 0 Å². The third-order valence-corrected chi connectivity index (χ3v) is 3.75. The molecule has 4 aromatic rings. The van der Waals surface area contributed by atoms with Gasteiger partial charge in [-0.05, 0) is 35.7 Å². The third-order valence-electron chi connectivity index (χ3n) is 3.75. The fourth-order valence-corrected chi connectivity index (χ4v) is 2.65. The Morgan fingerprint density at radius 2 is 2.00 bits per heavy atom. The number of rotatable bonds is 2. The van der Waals surface area contributed by atoms with E-state index in [0.29, 0.717) is 33.5 Å². The van der Waals surface area contributed by atoms with Crippen LogP contribution in [0, 0.1) is 6.92 Å². The van der Waals surface area contributed by atoms with Crippen LogP contribution >= 0.6 is 0 Å². The standard InChI is InChI=1S/C18H13N3O3/c1-10-19-14-9-12(6-7-16(14)24-10)20-18(23)15-8-11-4-2-3-5-13(11)17(22)21-15/h2-9H,1H3,(H,20,23)(H,21,22). The summed E-state index contributed by atoms with van der Waals surface area (Å²) in [5.41, 5.74) is 1.81. The summed E-state index contributed by atoms with van der Waals surface area (Å²) in [7, 11) is 0. The van der Waals surface area contributed by atoms with Crippen molar-refractivity contribution in [1.82, 2.24) is 9.97 Å². The van der Waals surface area contributed by atoms with Crippen molar-refractivity contribution < 1.29 is 9.21 Å². The van der Waals surface area contributed by atoms with Gasteiger partial charge in [0.05, 0.1) is 0 Å². The molecule has 2 aromatic carbocycles. The second-order valence-corrected chi connectivity index (χ2v) is 5.47. The number of carbonyl (C=O) groups is 1. The molecule has 6 nitrogen and oxygen atoms in total. The number of hydrogen-bond acceptors (Lipinski definition) is 4. The molecule has 1 amide bonds. The van der Waals surface area contributed by atoms with Crippen molar-refractivity contribution in [3.05, 3.63) is 70.5 Å². The van der Waals surface area contributed by atoms with Crippen LogP contribution in [0.2, 0.25) is 0 Å². The lowest BCUT2D eigenvalue weighted by molar-refractivity contribution is 0.102. The van der Waals surface area contributed by atoms with Gasteiger partial charge in [0.15, 0.2) is 11.5 Å². The Kier molecular flexibility index (Phi) is 3.16. The number of aryl methyl sites for hydroxylation is 1. The van der Waals surface area contributed by atoms with Crippen LogP contribution in [-0.2, 0) is 0 Å². The van der Waals surface area contributed by atoms with Crippen LogP contribution < -0.4 is 10.9 Å². The zero-order valence-corrected chi connectivity index (χ0v) is 12.8. The summed E-state index contributed by atoms with van der Waals surface area (Å²) < 4.78 is 5.41. The Morgan fingerprint density at radius 1 is 1.17 bits per heavy atom. The lowest BCUT2D eigenvalue weighted by Gasteiger charge is -2.06. The van der Waals surface area contributed by atoms with E-state index in [1.54, 1.807) is 49.4 Å². The van der Waals surface area contributed by atoms with E-state index in [1.165, 1.54) is 0 Å². The minimum atomic E-state index is -0.391. The molecule has 6 heteroatoms. The molecule has 0 aliphatic carbocycles. The number of nitrogens with zero attached hydrogens (tertiary/aromatic N) is 1. The number of oxazole rings is 1. The van der Waals surface area contributed by atoms with Gasteiger partial charge in [0.25, 0.3) is 11.5 Å². The Labute approximate surface area is 136 Å². The second-order valence-electron chi connectivity index (χ2n) is 5.47. The van der Waals surface area contributed by atoms with Crippen molar-refractivity contribution in [3.8, 4) is 0 Å². The fourth-order valence-electron chi connectivity index (χ4n) is 2.65. The van der Waals surface area contributed by atoms with Crippen molar-refractivity contribution >= 4 is 33.5 Å². The maximum atomic E-state index is 12.4. The lowest BCUT2D eigenvalue weighted by Crippen LogP contribution is -2.18. The van der Waals surface area contributed by atoms with Gasteiger partial charge in [-0.1, -0.05) is 18.2 Å². The lowest BCUT2D eigenvalue weighted by atomic mass is 10.1. The average molecular weight is 319 g/mol. The van der Waals surface area contributed by atoms with Gasteiger partial charge >= 0.3 is 0 Å². The molecule has 118 valence electrons. The molecule has 0 saturated heterocycles. The average Bonchev–Trinajstić information content (AvgIpc) is 2.94. The van der Waals surface area contributed by atoms with E-state index >= 15 is 0 Å². The van der Waals surface area contributed by atoms with Crippen molar-refractivity contribution in [3.63, 3.8) is 0 Å². The van der Waals surface area contributed by atoms with E-state index in [9.17, 15) is 9.59 Å². The molecular weight excluding hydrogens is 306 g/mol. The zero-order valence-electron chi connectivity index (χ0n) is 12.8.